The molecule has 244 valence electrons. The SMILES string of the molecule is CC.CC.CC.CC.CCC.CN(CCc1ccnn1CC=O)C1CCN(CC2CCC3(CCNCC3)CC2)CC1. The average Bonchev–Trinajstić information content (AvgIpc) is 3.49. The standard InChI is InChI=1S/C24H41N5O.C3H8.4C2H6/c1-27(15-5-23-4-12-26-29(23)18-19-30)22-6-16-28(17-7-22)20-21-2-8-24(9-3-21)10-13-25-14-11-24;1-3-2;4*1-2/h4,12,19,21-22,25H,2-3,5-11,13-18,20H2,1H3;3H2,1-2H3;4*1-2H3. The van der Waals surface area contributed by atoms with Crippen molar-refractivity contribution in [1.82, 2.24) is 24.9 Å². The number of aromatic nitrogens is 2. The second kappa shape index (κ2) is 27.6. The molecule has 0 unspecified atom stereocenters. The van der Waals surface area contributed by atoms with Gasteiger partial charge in [0.1, 0.15) is 6.29 Å². The van der Waals surface area contributed by atoms with E-state index in [4.69, 9.17) is 0 Å². The number of piperidine rings is 2. The van der Waals surface area contributed by atoms with Crippen LogP contribution < -0.4 is 5.32 Å². The lowest BCUT2D eigenvalue weighted by Crippen LogP contribution is -2.46. The molecule has 1 aliphatic carbocycles. The molecule has 3 heterocycles. The number of carbonyl (C=O) groups is 1. The summed E-state index contributed by atoms with van der Waals surface area (Å²) in [6, 6.07) is 2.73. The fraction of sp³-hybridized carbons (Fsp3) is 0.886. The molecule has 2 saturated heterocycles. The maximum absolute atomic E-state index is 10.8. The van der Waals surface area contributed by atoms with E-state index in [0.717, 1.165) is 30.9 Å². The van der Waals surface area contributed by atoms with Gasteiger partial charge in [-0.3, -0.25) is 4.68 Å². The highest BCUT2D eigenvalue weighted by Crippen LogP contribution is 2.45. The molecule has 0 bridgehead atoms. The van der Waals surface area contributed by atoms with Gasteiger partial charge in [0.05, 0.1) is 6.54 Å². The molecule has 2 aliphatic heterocycles. The summed E-state index contributed by atoms with van der Waals surface area (Å²) in [4.78, 5) is 16.1. The summed E-state index contributed by atoms with van der Waals surface area (Å²) in [5, 5.41) is 7.79. The van der Waals surface area contributed by atoms with E-state index in [1.807, 2.05) is 66.1 Å². The number of likely N-dealkylation sites (tertiary alicyclic amines) is 1. The number of rotatable bonds is 8. The van der Waals surface area contributed by atoms with E-state index in [9.17, 15) is 4.79 Å². The molecule has 1 aromatic heterocycles. The van der Waals surface area contributed by atoms with Crippen molar-refractivity contribution in [2.75, 3.05) is 46.3 Å². The smallest absolute Gasteiger partial charge is 0.141 e. The van der Waals surface area contributed by atoms with Crippen LogP contribution >= 0.6 is 0 Å². The van der Waals surface area contributed by atoms with Crippen LogP contribution in [0.4, 0.5) is 0 Å². The van der Waals surface area contributed by atoms with Crippen LogP contribution in [0.3, 0.4) is 0 Å². The highest BCUT2D eigenvalue weighted by atomic mass is 16.1. The number of nitrogens with zero attached hydrogens (tertiary/aromatic N) is 4. The summed E-state index contributed by atoms with van der Waals surface area (Å²) in [6.07, 6.45) is 16.2. The summed E-state index contributed by atoms with van der Waals surface area (Å²) >= 11 is 0. The molecule has 0 aromatic carbocycles. The van der Waals surface area contributed by atoms with E-state index in [1.165, 1.54) is 90.5 Å². The Kier molecular flexibility index (Phi) is 28.2. The summed E-state index contributed by atoms with van der Waals surface area (Å²) in [7, 11) is 2.26. The zero-order valence-corrected chi connectivity index (χ0v) is 29.6. The van der Waals surface area contributed by atoms with Gasteiger partial charge in [-0.05, 0) is 102 Å². The van der Waals surface area contributed by atoms with Crippen molar-refractivity contribution in [3.8, 4) is 0 Å². The fourth-order valence-corrected chi connectivity index (χ4v) is 6.12. The first-order valence-electron chi connectivity index (χ1n) is 17.7. The van der Waals surface area contributed by atoms with Crippen molar-refractivity contribution < 1.29 is 4.79 Å². The molecule has 6 heteroatoms. The van der Waals surface area contributed by atoms with E-state index in [2.05, 4.69) is 41.1 Å². The van der Waals surface area contributed by atoms with Gasteiger partial charge in [-0.25, -0.2) is 0 Å². The maximum Gasteiger partial charge on any atom is 0.141 e. The lowest BCUT2D eigenvalue weighted by Gasteiger charge is -2.45. The van der Waals surface area contributed by atoms with Crippen molar-refractivity contribution in [2.24, 2.45) is 11.3 Å². The van der Waals surface area contributed by atoms with Gasteiger partial charge in [0.15, 0.2) is 0 Å². The first-order valence-corrected chi connectivity index (χ1v) is 17.7. The first kappa shape index (κ1) is 41.9. The number of likely N-dealkylation sites (N-methyl/N-ethyl adjacent to an activating group) is 1. The zero-order chi connectivity index (χ0) is 31.5. The number of hydrogen-bond donors (Lipinski definition) is 1. The molecule has 4 rings (SSSR count). The van der Waals surface area contributed by atoms with E-state index in [-0.39, 0.29) is 0 Å². The largest absolute Gasteiger partial charge is 0.317 e. The van der Waals surface area contributed by atoms with Crippen LogP contribution in [0.2, 0.25) is 0 Å². The molecule has 1 saturated carbocycles. The van der Waals surface area contributed by atoms with Crippen LogP contribution in [0.15, 0.2) is 12.3 Å². The van der Waals surface area contributed by atoms with Gasteiger partial charge in [0.25, 0.3) is 0 Å². The third-order valence-electron chi connectivity index (χ3n) is 8.30. The second-order valence-corrected chi connectivity index (χ2v) is 10.8. The average molecular weight is 580 g/mol. The predicted molar refractivity (Wildman–Crippen MR) is 182 cm³/mol. The van der Waals surface area contributed by atoms with Gasteiger partial charge in [-0.15, -0.1) is 0 Å². The van der Waals surface area contributed by atoms with Crippen LogP contribution in [-0.4, -0.2) is 78.2 Å². The van der Waals surface area contributed by atoms with Gasteiger partial charge < -0.3 is 19.9 Å². The Morgan fingerprint density at radius 3 is 1.98 bits per heavy atom. The Morgan fingerprint density at radius 1 is 0.927 bits per heavy atom. The highest BCUT2D eigenvalue weighted by Gasteiger charge is 2.36. The molecule has 0 atom stereocenters. The lowest BCUT2D eigenvalue weighted by molar-refractivity contribution is -0.108. The van der Waals surface area contributed by atoms with Crippen LogP contribution in [-0.2, 0) is 17.8 Å². The molecular weight excluding hydrogens is 506 g/mol. The molecule has 41 heavy (non-hydrogen) atoms. The number of carbonyl (C=O) groups excluding carboxylic acids is 1. The monoisotopic (exact) mass is 580 g/mol. The molecule has 1 aromatic rings. The molecule has 0 radical (unpaired) electrons. The molecule has 3 aliphatic rings. The van der Waals surface area contributed by atoms with Crippen LogP contribution in [0.25, 0.3) is 0 Å². The van der Waals surface area contributed by atoms with E-state index < -0.39 is 0 Å². The van der Waals surface area contributed by atoms with E-state index in [1.54, 1.807) is 6.20 Å². The minimum atomic E-state index is 0.365. The Balaban J connectivity index is 0. The van der Waals surface area contributed by atoms with Crippen molar-refractivity contribution >= 4 is 6.29 Å². The minimum Gasteiger partial charge on any atom is -0.317 e. The third kappa shape index (κ3) is 16.3. The molecule has 0 amide bonds. The Labute approximate surface area is 257 Å². The topological polar surface area (TPSA) is 53.4 Å². The Bertz CT molecular complexity index is 668. The van der Waals surface area contributed by atoms with Crippen LogP contribution in [0.1, 0.15) is 133 Å². The molecule has 6 nitrogen and oxygen atoms in total. The van der Waals surface area contributed by atoms with Crippen LogP contribution in [0.5, 0.6) is 0 Å². The normalized spacial score (nSPS) is 18.5. The molecule has 1 N–H and O–H groups in total. The lowest BCUT2D eigenvalue weighted by atomic mass is 9.65. The van der Waals surface area contributed by atoms with Gasteiger partial charge in [0.2, 0.25) is 0 Å². The molecular formula is C35H73N5O. The van der Waals surface area contributed by atoms with Crippen molar-refractivity contribution in [3.63, 3.8) is 0 Å². The molecule has 3 fully saturated rings. The van der Waals surface area contributed by atoms with E-state index >= 15 is 0 Å². The fourth-order valence-electron chi connectivity index (χ4n) is 6.12. The second-order valence-electron chi connectivity index (χ2n) is 10.8. The van der Waals surface area contributed by atoms with Crippen LogP contribution in [0, 0.1) is 11.3 Å². The van der Waals surface area contributed by atoms with E-state index in [0.29, 0.717) is 18.0 Å². The summed E-state index contributed by atoms with van der Waals surface area (Å²) < 4.78 is 1.82. The first-order chi connectivity index (χ1) is 20.1. The number of nitrogens with one attached hydrogen (secondary N) is 1. The predicted octanol–water partition coefficient (Wildman–Crippen LogP) is 8.10. The number of hydrogen-bond acceptors (Lipinski definition) is 5. The quantitative estimate of drug-likeness (QED) is 0.315. The van der Waals surface area contributed by atoms with Crippen molar-refractivity contribution in [1.29, 1.82) is 0 Å². The maximum atomic E-state index is 10.8. The van der Waals surface area contributed by atoms with Gasteiger partial charge in [0, 0.05) is 37.4 Å². The van der Waals surface area contributed by atoms with Crippen molar-refractivity contribution in [2.45, 2.75) is 146 Å². The number of aldehydes is 1. The summed E-state index contributed by atoms with van der Waals surface area (Å²) in [5.41, 5.74) is 1.86. The third-order valence-corrected chi connectivity index (χ3v) is 8.30. The Hall–Kier alpha value is -1.24. The zero-order valence-electron chi connectivity index (χ0n) is 29.6. The van der Waals surface area contributed by atoms with Gasteiger partial charge >= 0.3 is 0 Å². The van der Waals surface area contributed by atoms with Gasteiger partial charge in [-0.2, -0.15) is 5.10 Å². The minimum absolute atomic E-state index is 0.365. The molecule has 1 spiro atoms. The Morgan fingerprint density at radius 2 is 1.46 bits per heavy atom. The van der Waals surface area contributed by atoms with Crippen molar-refractivity contribution in [3.05, 3.63) is 18.0 Å². The summed E-state index contributed by atoms with van der Waals surface area (Å²) in [5.74, 6) is 0.929. The summed E-state index contributed by atoms with van der Waals surface area (Å²) in [6.45, 7) is 28.0. The van der Waals surface area contributed by atoms with Gasteiger partial charge in [-0.1, -0.05) is 75.7 Å². The highest BCUT2D eigenvalue weighted by molar-refractivity contribution is 5.49.